The molecule has 0 radical (unpaired) electrons. The topological polar surface area (TPSA) is 181 Å². The molecule has 2 fully saturated rings. The Morgan fingerprint density at radius 2 is 1.29 bits per heavy atom. The number of carbonyl (C=O) groups excluding carboxylic acids is 4. The summed E-state index contributed by atoms with van der Waals surface area (Å²) in [4.78, 5) is 74.5. The van der Waals surface area contributed by atoms with Crippen LogP contribution in [0, 0.1) is 11.8 Å². The second-order valence-corrected chi connectivity index (χ2v) is 15.9. The summed E-state index contributed by atoms with van der Waals surface area (Å²) in [7, 11) is 3.39. The zero-order valence-corrected chi connectivity index (χ0v) is 33.5. The molecule has 2 saturated heterocycles. The molecule has 56 heavy (non-hydrogen) atoms. The summed E-state index contributed by atoms with van der Waals surface area (Å²) in [5.41, 5.74) is 6.47. The first-order valence-corrected chi connectivity index (χ1v) is 19.8. The van der Waals surface area contributed by atoms with Gasteiger partial charge in [-0.2, -0.15) is 0 Å². The molecule has 294 valence electrons. The minimum atomic E-state index is -0.692. The highest BCUT2D eigenvalue weighted by molar-refractivity contribution is 7.39. The molecule has 14 nitrogen and oxygen atoms in total. The minimum absolute atomic E-state index is 0.0511. The summed E-state index contributed by atoms with van der Waals surface area (Å²) in [6.07, 6.45) is 8.22. The number of imidazole rings is 2. The number of rotatable bonds is 11. The van der Waals surface area contributed by atoms with Crippen molar-refractivity contribution < 1.29 is 23.9 Å². The van der Waals surface area contributed by atoms with Gasteiger partial charge in [-0.15, -0.1) is 0 Å². The lowest BCUT2D eigenvalue weighted by molar-refractivity contribution is -0.136. The fourth-order valence-corrected chi connectivity index (χ4v) is 8.29. The van der Waals surface area contributed by atoms with Crippen molar-refractivity contribution in [3.8, 4) is 33.6 Å². The first kappa shape index (κ1) is 38.8. The number of alkyl carbamates (subject to hydrolysis) is 1. The van der Waals surface area contributed by atoms with E-state index in [4.69, 9.17) is 14.7 Å². The van der Waals surface area contributed by atoms with Gasteiger partial charge in [-0.1, -0.05) is 64.1 Å². The molecule has 5 atom stereocenters. The smallest absolute Gasteiger partial charge is 0.407 e. The van der Waals surface area contributed by atoms with E-state index in [0.717, 1.165) is 81.9 Å². The van der Waals surface area contributed by atoms with Gasteiger partial charge < -0.3 is 40.1 Å². The first-order chi connectivity index (χ1) is 26.9. The Labute approximate surface area is 328 Å². The van der Waals surface area contributed by atoms with Gasteiger partial charge in [-0.3, -0.25) is 14.4 Å². The summed E-state index contributed by atoms with van der Waals surface area (Å²) in [5, 5.41) is 6.54. The molecule has 4 amide bonds. The van der Waals surface area contributed by atoms with Crippen molar-refractivity contribution in [3.63, 3.8) is 0 Å². The van der Waals surface area contributed by atoms with E-state index < -0.39 is 18.2 Å². The van der Waals surface area contributed by atoms with Gasteiger partial charge in [0.25, 0.3) is 0 Å². The number of likely N-dealkylation sites (tertiary alicyclic amines) is 2. The van der Waals surface area contributed by atoms with Gasteiger partial charge in [0, 0.05) is 35.8 Å². The third-order valence-corrected chi connectivity index (χ3v) is 11.2. The van der Waals surface area contributed by atoms with Crippen LogP contribution < -0.4 is 10.6 Å². The van der Waals surface area contributed by atoms with E-state index in [1.54, 1.807) is 6.20 Å². The first-order valence-electron chi connectivity index (χ1n) is 19.3. The molecule has 1 unspecified atom stereocenters. The maximum Gasteiger partial charge on any atom is 0.407 e. The van der Waals surface area contributed by atoms with Crippen molar-refractivity contribution >= 4 is 43.7 Å². The average molecular weight is 780 g/mol. The number of fused-ring (bicyclic) bond motifs is 1. The monoisotopic (exact) mass is 779 g/mol. The van der Waals surface area contributed by atoms with E-state index in [2.05, 4.69) is 77.3 Å². The Hall–Kier alpha value is -5.49. The standard InChI is InChI=1S/C41H50N9O5P/c1-22(2)33(47-40(53)55-5)38(51)49-18-6-8-31(49)36-43-20-29(45-36)25-12-10-24(11-13-25)26-14-15-27(28-16-17-42-35(26)28)30-21-44-37(46-30)32-9-7-19-50(32)39(52)34(23(3)4)48-41(54)56/h10-17,20-23,31-34,42H,6-9,18-19,56H2,1-5H3,(H,43,45)(H,44,46)(H,47,53)(H,48,54)/t31-,32-,33-,34-/m0/s1. The van der Waals surface area contributed by atoms with E-state index in [1.165, 1.54) is 7.11 Å². The van der Waals surface area contributed by atoms with Crippen LogP contribution in [0.15, 0.2) is 61.1 Å². The number of amides is 4. The Morgan fingerprint density at radius 3 is 1.86 bits per heavy atom. The second kappa shape index (κ2) is 16.3. The highest BCUT2D eigenvalue weighted by Gasteiger charge is 2.38. The van der Waals surface area contributed by atoms with Gasteiger partial charge in [-0.25, -0.2) is 14.8 Å². The van der Waals surface area contributed by atoms with Gasteiger partial charge in [0.15, 0.2) is 0 Å². The average Bonchev–Trinajstić information content (AvgIpc) is 4.03. The molecular formula is C41H50N9O5P. The molecule has 5 aromatic rings. The van der Waals surface area contributed by atoms with Crippen LogP contribution in [0.1, 0.15) is 77.1 Å². The Kier molecular flexibility index (Phi) is 11.3. The van der Waals surface area contributed by atoms with Crippen molar-refractivity contribution in [2.45, 2.75) is 77.5 Å². The maximum absolute atomic E-state index is 13.6. The highest BCUT2D eigenvalue weighted by atomic mass is 31.0. The third kappa shape index (κ3) is 7.67. The summed E-state index contributed by atoms with van der Waals surface area (Å²) >= 11 is 0. The van der Waals surface area contributed by atoms with E-state index in [0.29, 0.717) is 13.1 Å². The Morgan fingerprint density at radius 1 is 0.750 bits per heavy atom. The number of benzene rings is 2. The number of aromatic amines is 3. The lowest BCUT2D eigenvalue weighted by atomic mass is 9.97. The van der Waals surface area contributed by atoms with Gasteiger partial charge in [0.2, 0.25) is 17.5 Å². The number of carbonyl (C=O) groups is 4. The maximum atomic E-state index is 13.6. The second-order valence-electron chi connectivity index (χ2n) is 15.3. The zero-order valence-electron chi connectivity index (χ0n) is 32.4. The van der Waals surface area contributed by atoms with Crippen LogP contribution in [-0.4, -0.2) is 90.6 Å². The summed E-state index contributed by atoms with van der Waals surface area (Å²) in [5.74, 6) is 1.06. The fraction of sp³-hybridized carbons (Fsp3) is 0.415. The number of methoxy groups -OCH3 is 1. The van der Waals surface area contributed by atoms with Crippen LogP contribution in [0.3, 0.4) is 0 Å². The molecule has 3 aromatic heterocycles. The lowest BCUT2D eigenvalue weighted by Gasteiger charge is -2.30. The number of hydrogen-bond acceptors (Lipinski definition) is 7. The number of H-pyrrole nitrogens is 3. The molecule has 5 heterocycles. The third-order valence-electron chi connectivity index (χ3n) is 11.0. The molecule has 7 rings (SSSR count). The number of ether oxygens (including phenoxy) is 1. The molecule has 2 aromatic carbocycles. The van der Waals surface area contributed by atoms with E-state index in [9.17, 15) is 19.2 Å². The molecule has 2 aliphatic rings. The molecule has 0 spiro atoms. The number of nitrogens with zero attached hydrogens (tertiary/aromatic N) is 4. The molecule has 5 N–H and O–H groups in total. The zero-order chi connectivity index (χ0) is 39.7. The SMILES string of the molecule is COC(=O)N[C@H](C(=O)N1CCC[C@H]1c1ncc(-c2ccc(-c3ccc(-c4cnc([C@@H]5CCCN5C(=O)[C@@H](NC(=O)P)C(C)C)[nH]4)c4cc[nH]c34)cc2)[nH]1)C(C)C. The van der Waals surface area contributed by atoms with Crippen molar-refractivity contribution in [2.24, 2.45) is 11.8 Å². The normalized spacial score (nSPS) is 18.1. The van der Waals surface area contributed by atoms with E-state index >= 15 is 0 Å². The highest BCUT2D eigenvalue weighted by Crippen LogP contribution is 2.38. The summed E-state index contributed by atoms with van der Waals surface area (Å²) in [6.45, 7) is 8.87. The van der Waals surface area contributed by atoms with Crippen molar-refractivity contribution in [2.75, 3.05) is 20.2 Å². The summed E-state index contributed by atoms with van der Waals surface area (Å²) in [6, 6.07) is 12.9. The van der Waals surface area contributed by atoms with E-state index in [1.807, 2.05) is 49.9 Å². The Bertz CT molecular complexity index is 2220. The molecule has 0 saturated carbocycles. The molecule has 2 aliphatic heterocycles. The van der Waals surface area contributed by atoms with Crippen LogP contribution in [0.25, 0.3) is 44.5 Å². The van der Waals surface area contributed by atoms with Gasteiger partial charge in [-0.05, 0) is 64.0 Å². The number of aromatic nitrogens is 5. The van der Waals surface area contributed by atoms with E-state index in [-0.39, 0.29) is 41.4 Å². The predicted molar refractivity (Wildman–Crippen MR) is 217 cm³/mol. The molecule has 15 heteroatoms. The largest absolute Gasteiger partial charge is 0.453 e. The molecular weight excluding hydrogens is 729 g/mol. The van der Waals surface area contributed by atoms with Crippen LogP contribution in [0.4, 0.5) is 9.59 Å². The van der Waals surface area contributed by atoms with Crippen molar-refractivity contribution in [3.05, 3.63) is 72.7 Å². The molecule has 0 aliphatic carbocycles. The predicted octanol–water partition coefficient (Wildman–Crippen LogP) is 6.93. The van der Waals surface area contributed by atoms with Crippen molar-refractivity contribution in [1.82, 2.24) is 45.4 Å². The number of nitrogens with one attached hydrogen (secondary N) is 5. The molecule has 0 bridgehead atoms. The Balaban J connectivity index is 1.08. The van der Waals surface area contributed by atoms with Crippen LogP contribution in [0.2, 0.25) is 0 Å². The van der Waals surface area contributed by atoms with Crippen LogP contribution in [-0.2, 0) is 14.3 Å². The van der Waals surface area contributed by atoms with Crippen LogP contribution in [0.5, 0.6) is 0 Å². The number of hydrogen-bond donors (Lipinski definition) is 5. The van der Waals surface area contributed by atoms with Crippen molar-refractivity contribution in [1.29, 1.82) is 0 Å². The minimum Gasteiger partial charge on any atom is -0.453 e. The lowest BCUT2D eigenvalue weighted by Crippen LogP contribution is -2.51. The fourth-order valence-electron chi connectivity index (χ4n) is 8.11. The quantitative estimate of drug-likeness (QED) is 0.0902. The van der Waals surface area contributed by atoms with Crippen LogP contribution >= 0.6 is 9.24 Å². The summed E-state index contributed by atoms with van der Waals surface area (Å²) < 4.78 is 4.76. The van der Waals surface area contributed by atoms with Gasteiger partial charge in [0.05, 0.1) is 48.5 Å². The van der Waals surface area contributed by atoms with Gasteiger partial charge >= 0.3 is 6.09 Å². The van der Waals surface area contributed by atoms with Gasteiger partial charge in [0.1, 0.15) is 23.7 Å².